The minimum Gasteiger partial charge on any atom is -0.494 e. The first kappa shape index (κ1) is 20.0. The lowest BCUT2D eigenvalue weighted by molar-refractivity contribution is 0.0581. The van der Waals surface area contributed by atoms with Crippen molar-refractivity contribution in [1.29, 1.82) is 0 Å². The van der Waals surface area contributed by atoms with E-state index in [1.54, 1.807) is 23.1 Å². The highest BCUT2D eigenvalue weighted by atomic mass is 35.5. The van der Waals surface area contributed by atoms with Gasteiger partial charge in [-0.3, -0.25) is 0 Å². The number of nitrogens with zero attached hydrogens (tertiary/aromatic N) is 4. The molecule has 2 N–H and O–H groups in total. The molecule has 0 bridgehead atoms. The Morgan fingerprint density at radius 3 is 2.81 bits per heavy atom. The first-order valence-corrected chi connectivity index (χ1v) is 11.1. The van der Waals surface area contributed by atoms with E-state index in [1.165, 1.54) is 6.33 Å². The molecule has 2 aromatic heterocycles. The van der Waals surface area contributed by atoms with Gasteiger partial charge in [-0.25, -0.2) is 14.6 Å². The minimum atomic E-state index is -1.06. The van der Waals surface area contributed by atoms with Crippen molar-refractivity contribution in [2.24, 2.45) is 0 Å². The molecule has 0 saturated carbocycles. The maximum absolute atomic E-state index is 11.5. The van der Waals surface area contributed by atoms with Crippen LogP contribution in [-0.4, -0.2) is 32.0 Å². The summed E-state index contributed by atoms with van der Waals surface area (Å²) in [6, 6.07) is 15.4. The summed E-state index contributed by atoms with van der Waals surface area (Å²) in [6.07, 6.45) is 4.03. The molecule has 1 aliphatic carbocycles. The van der Waals surface area contributed by atoms with Crippen molar-refractivity contribution in [3.8, 4) is 11.4 Å². The number of anilines is 2. The Morgan fingerprint density at radius 2 is 2.06 bits per heavy atom. The molecular formula is C22H20ClN5O2S. The van der Waals surface area contributed by atoms with E-state index < -0.39 is 5.60 Å². The topological polar surface area (TPSA) is 85.1 Å². The van der Waals surface area contributed by atoms with Gasteiger partial charge in [0, 0.05) is 16.6 Å². The molecule has 0 radical (unpaired) electrons. The van der Waals surface area contributed by atoms with Gasteiger partial charge in [0.2, 0.25) is 5.28 Å². The summed E-state index contributed by atoms with van der Waals surface area (Å²) in [7, 11) is 1.60. The summed E-state index contributed by atoms with van der Waals surface area (Å²) in [4.78, 5) is 9.85. The minimum absolute atomic E-state index is 0.170. The van der Waals surface area contributed by atoms with E-state index in [-0.39, 0.29) is 5.28 Å². The standard InChI is InChI=1S/C22H20ClN5O2S/c1-30-17-12-15(9-10-16(17)28-13-24-20(23)27-28)25-21-26-19-18(31-21)8-5-11-22(19,29)14-6-3-2-4-7-14/h2-4,6-7,9-10,12-13,29H,5,8,11H2,1H3,(H,25,26). The molecule has 31 heavy (non-hydrogen) atoms. The number of aromatic nitrogens is 4. The number of thiazole rings is 1. The molecule has 0 amide bonds. The van der Waals surface area contributed by atoms with Crippen LogP contribution >= 0.6 is 22.9 Å². The highest BCUT2D eigenvalue weighted by molar-refractivity contribution is 7.15. The molecule has 9 heteroatoms. The number of benzene rings is 2. The molecule has 2 heterocycles. The van der Waals surface area contributed by atoms with E-state index in [4.69, 9.17) is 21.3 Å². The number of halogens is 1. The van der Waals surface area contributed by atoms with Crippen LogP contribution in [0, 0.1) is 0 Å². The number of hydrogen-bond acceptors (Lipinski definition) is 7. The maximum atomic E-state index is 11.5. The largest absolute Gasteiger partial charge is 0.494 e. The fraction of sp³-hybridized carbons (Fsp3) is 0.227. The number of fused-ring (bicyclic) bond motifs is 1. The smallest absolute Gasteiger partial charge is 0.242 e. The molecule has 1 aliphatic rings. The second-order valence-corrected chi connectivity index (χ2v) is 8.76. The van der Waals surface area contributed by atoms with E-state index in [1.807, 2.05) is 48.5 Å². The number of ether oxygens (including phenoxy) is 1. The van der Waals surface area contributed by atoms with Gasteiger partial charge in [0.25, 0.3) is 0 Å². The lowest BCUT2D eigenvalue weighted by Gasteiger charge is -2.31. The Kier molecular flexibility index (Phi) is 5.13. The van der Waals surface area contributed by atoms with Crippen molar-refractivity contribution < 1.29 is 9.84 Å². The number of rotatable bonds is 5. The zero-order valence-electron chi connectivity index (χ0n) is 16.7. The average molecular weight is 454 g/mol. The molecule has 0 spiro atoms. The monoisotopic (exact) mass is 453 g/mol. The van der Waals surface area contributed by atoms with E-state index in [9.17, 15) is 5.11 Å². The second-order valence-electron chi connectivity index (χ2n) is 7.34. The molecular weight excluding hydrogens is 434 g/mol. The Balaban J connectivity index is 1.45. The number of aryl methyl sites for hydroxylation is 1. The number of nitrogens with one attached hydrogen (secondary N) is 1. The highest BCUT2D eigenvalue weighted by Gasteiger charge is 2.39. The van der Waals surface area contributed by atoms with Crippen LogP contribution in [0.25, 0.3) is 5.69 Å². The number of methoxy groups -OCH3 is 1. The van der Waals surface area contributed by atoms with E-state index in [0.717, 1.165) is 45.5 Å². The third-order valence-corrected chi connectivity index (χ3v) is 6.63. The summed E-state index contributed by atoms with van der Waals surface area (Å²) < 4.78 is 7.09. The van der Waals surface area contributed by atoms with Crippen molar-refractivity contribution in [3.63, 3.8) is 0 Å². The lowest BCUT2D eigenvalue weighted by atomic mass is 9.81. The van der Waals surface area contributed by atoms with Gasteiger partial charge in [-0.1, -0.05) is 30.3 Å². The molecule has 0 fully saturated rings. The van der Waals surface area contributed by atoms with Crippen molar-refractivity contribution in [3.05, 3.63) is 76.3 Å². The fourth-order valence-corrected chi connectivity index (χ4v) is 5.16. The van der Waals surface area contributed by atoms with Crippen LogP contribution < -0.4 is 10.1 Å². The molecule has 1 unspecified atom stereocenters. The van der Waals surface area contributed by atoms with Crippen molar-refractivity contribution in [1.82, 2.24) is 19.7 Å². The third kappa shape index (κ3) is 3.67. The Hall–Kier alpha value is -2.94. The van der Waals surface area contributed by atoms with Gasteiger partial charge in [0.05, 0.1) is 12.8 Å². The molecule has 4 aromatic rings. The van der Waals surface area contributed by atoms with Crippen LogP contribution in [-0.2, 0) is 12.0 Å². The van der Waals surface area contributed by atoms with Gasteiger partial charge in [0.1, 0.15) is 23.4 Å². The Bertz CT molecular complexity index is 1230. The van der Waals surface area contributed by atoms with Crippen molar-refractivity contribution in [2.45, 2.75) is 24.9 Å². The molecule has 0 saturated heterocycles. The molecule has 5 rings (SSSR count). The quantitative estimate of drug-likeness (QED) is 0.455. The number of hydrogen-bond donors (Lipinski definition) is 2. The third-order valence-electron chi connectivity index (χ3n) is 5.42. The lowest BCUT2D eigenvalue weighted by Crippen LogP contribution is -2.31. The van der Waals surface area contributed by atoms with E-state index in [2.05, 4.69) is 15.4 Å². The van der Waals surface area contributed by atoms with E-state index in [0.29, 0.717) is 12.2 Å². The number of aliphatic hydroxyl groups is 1. The molecule has 0 aliphatic heterocycles. The van der Waals surface area contributed by atoms with Crippen LogP contribution in [0.3, 0.4) is 0 Å². The van der Waals surface area contributed by atoms with E-state index >= 15 is 0 Å². The van der Waals surface area contributed by atoms with Crippen LogP contribution in [0.1, 0.15) is 29.0 Å². The summed E-state index contributed by atoms with van der Waals surface area (Å²) >= 11 is 7.41. The van der Waals surface area contributed by atoms with Crippen LogP contribution in [0.2, 0.25) is 5.28 Å². The zero-order chi connectivity index (χ0) is 21.4. The first-order valence-electron chi connectivity index (χ1n) is 9.87. The van der Waals surface area contributed by atoms with Crippen LogP contribution in [0.4, 0.5) is 10.8 Å². The Labute approximate surface area is 188 Å². The maximum Gasteiger partial charge on any atom is 0.242 e. The second kappa shape index (κ2) is 7.96. The summed E-state index contributed by atoms with van der Waals surface area (Å²) in [6.45, 7) is 0. The molecule has 1 atom stereocenters. The molecule has 7 nitrogen and oxygen atoms in total. The molecule has 2 aromatic carbocycles. The predicted octanol–water partition coefficient (Wildman–Crippen LogP) is 4.70. The predicted molar refractivity (Wildman–Crippen MR) is 121 cm³/mol. The highest BCUT2D eigenvalue weighted by Crippen LogP contribution is 2.44. The Morgan fingerprint density at radius 1 is 1.23 bits per heavy atom. The normalized spacial score (nSPS) is 17.9. The average Bonchev–Trinajstić information content (AvgIpc) is 3.41. The van der Waals surface area contributed by atoms with Crippen molar-refractivity contribution >= 4 is 33.8 Å². The van der Waals surface area contributed by atoms with Crippen molar-refractivity contribution in [2.75, 3.05) is 12.4 Å². The van der Waals surface area contributed by atoms with Gasteiger partial charge in [-0.15, -0.1) is 16.4 Å². The fourth-order valence-electron chi connectivity index (χ4n) is 3.94. The van der Waals surface area contributed by atoms with Gasteiger partial charge < -0.3 is 15.2 Å². The summed E-state index contributed by atoms with van der Waals surface area (Å²) in [5.74, 6) is 0.619. The summed E-state index contributed by atoms with van der Waals surface area (Å²) in [5.41, 5.74) is 2.12. The molecule has 158 valence electrons. The van der Waals surface area contributed by atoms with Gasteiger partial charge in [0.15, 0.2) is 5.13 Å². The van der Waals surface area contributed by atoms with Gasteiger partial charge in [-0.05, 0) is 48.6 Å². The zero-order valence-corrected chi connectivity index (χ0v) is 18.3. The van der Waals surface area contributed by atoms with Gasteiger partial charge >= 0.3 is 0 Å². The first-order chi connectivity index (χ1) is 15.1. The van der Waals surface area contributed by atoms with Gasteiger partial charge in [-0.2, -0.15) is 0 Å². The van der Waals surface area contributed by atoms with Crippen LogP contribution in [0.5, 0.6) is 5.75 Å². The van der Waals surface area contributed by atoms with Crippen LogP contribution in [0.15, 0.2) is 54.9 Å². The summed E-state index contributed by atoms with van der Waals surface area (Å²) in [5, 5.41) is 19.9. The SMILES string of the molecule is COc1cc(Nc2nc3c(s2)CCCC3(O)c2ccccc2)ccc1-n1cnc(Cl)n1.